The quantitative estimate of drug-likeness (QED) is 0.478. The van der Waals surface area contributed by atoms with E-state index in [1.165, 1.54) is 0 Å². The van der Waals surface area contributed by atoms with Crippen LogP contribution in [0.3, 0.4) is 0 Å². The molecular formula is C8H2F8O2S. The summed E-state index contributed by atoms with van der Waals surface area (Å²) < 4.78 is 121. The third-order valence-electron chi connectivity index (χ3n) is 1.99. The first-order valence-electron chi connectivity index (χ1n) is 4.19. The third-order valence-corrected chi connectivity index (χ3v) is 3.36. The van der Waals surface area contributed by atoms with Crippen molar-refractivity contribution in [3.8, 4) is 0 Å². The van der Waals surface area contributed by atoms with E-state index < -0.39 is 55.7 Å². The zero-order valence-electron chi connectivity index (χ0n) is 8.46. The van der Waals surface area contributed by atoms with Gasteiger partial charge in [-0.3, -0.25) is 0 Å². The maximum Gasteiger partial charge on any atom is 0.497 e. The van der Waals surface area contributed by atoms with Crippen LogP contribution in [-0.4, -0.2) is 13.9 Å². The molecule has 2 nitrogen and oxygen atoms in total. The van der Waals surface area contributed by atoms with Gasteiger partial charge in [-0.2, -0.15) is 13.2 Å². The minimum atomic E-state index is -6.08. The van der Waals surface area contributed by atoms with Crippen molar-refractivity contribution in [2.75, 3.05) is 0 Å². The van der Waals surface area contributed by atoms with Crippen LogP contribution < -0.4 is 0 Å². The highest BCUT2D eigenvalue weighted by molar-refractivity contribution is 7.91. The first-order chi connectivity index (χ1) is 8.40. The van der Waals surface area contributed by atoms with Gasteiger partial charge in [0.15, 0.2) is 23.3 Å². The number of sulfone groups is 1. The molecule has 1 rings (SSSR count). The Balaban J connectivity index is 3.48. The first kappa shape index (κ1) is 15.7. The lowest BCUT2D eigenvalue weighted by molar-refractivity contribution is -0.0438. The molecule has 0 N–H and O–H groups in total. The number of rotatable bonds is 2. The van der Waals surface area contributed by atoms with Gasteiger partial charge in [0.25, 0.3) is 9.84 Å². The summed E-state index contributed by atoms with van der Waals surface area (Å²) in [7, 11) is -6.08. The Kier molecular flexibility index (Phi) is 3.81. The van der Waals surface area contributed by atoms with E-state index in [9.17, 15) is 43.5 Å². The van der Waals surface area contributed by atoms with Crippen molar-refractivity contribution in [2.45, 2.75) is 11.3 Å². The van der Waals surface area contributed by atoms with Crippen molar-refractivity contribution >= 4 is 9.84 Å². The highest BCUT2D eigenvalue weighted by atomic mass is 32.2. The van der Waals surface area contributed by atoms with Crippen LogP contribution in [0.2, 0.25) is 0 Å². The lowest BCUT2D eigenvalue weighted by atomic mass is 10.2. The van der Waals surface area contributed by atoms with Crippen LogP contribution in [-0.2, 0) is 15.6 Å². The van der Waals surface area contributed by atoms with Gasteiger partial charge in [0.2, 0.25) is 5.82 Å². The molecule has 19 heavy (non-hydrogen) atoms. The summed E-state index contributed by atoms with van der Waals surface area (Å²) in [5.74, 6) is -15.3. The molecule has 0 unspecified atom stereocenters. The Morgan fingerprint density at radius 3 is 1.37 bits per heavy atom. The number of halogens is 8. The van der Waals surface area contributed by atoms with Crippen LogP contribution in [0.15, 0.2) is 0 Å². The van der Waals surface area contributed by atoms with Gasteiger partial charge in [-0.05, 0) is 0 Å². The second-order valence-corrected chi connectivity index (χ2v) is 5.23. The molecule has 0 spiro atoms. The van der Waals surface area contributed by atoms with E-state index in [0.717, 1.165) is 0 Å². The maximum absolute atomic E-state index is 13.0. The van der Waals surface area contributed by atoms with Gasteiger partial charge in [-0.25, -0.2) is 30.4 Å². The fraction of sp³-hybridized carbons (Fsp3) is 0.250. The van der Waals surface area contributed by atoms with Gasteiger partial charge >= 0.3 is 5.51 Å². The molecule has 0 saturated carbocycles. The predicted octanol–water partition coefficient (Wildman–Crippen LogP) is 2.82. The van der Waals surface area contributed by atoms with Crippen molar-refractivity contribution in [1.29, 1.82) is 0 Å². The molecular weight excluding hydrogens is 312 g/mol. The largest absolute Gasteiger partial charge is 0.497 e. The standard InChI is InChI=1S/C8H2F8O2S/c9-3-2(1-19(17,18)8(14,15)16)4(10)6(12)7(13)5(3)11/h1H2. The second kappa shape index (κ2) is 4.62. The molecule has 0 saturated heterocycles. The van der Waals surface area contributed by atoms with Crippen LogP contribution >= 0.6 is 0 Å². The van der Waals surface area contributed by atoms with Crippen LogP contribution in [0.25, 0.3) is 0 Å². The Bertz CT molecular complexity index is 590. The van der Waals surface area contributed by atoms with Crippen molar-refractivity contribution in [1.82, 2.24) is 0 Å². The van der Waals surface area contributed by atoms with E-state index in [1.807, 2.05) is 0 Å². The molecule has 0 bridgehead atoms. The molecule has 0 aliphatic heterocycles. The van der Waals surface area contributed by atoms with Gasteiger partial charge < -0.3 is 0 Å². The Labute approximate surface area is 100 Å². The number of alkyl halides is 3. The molecule has 0 radical (unpaired) electrons. The van der Waals surface area contributed by atoms with E-state index in [4.69, 9.17) is 0 Å². The van der Waals surface area contributed by atoms with E-state index in [1.54, 1.807) is 0 Å². The molecule has 1 aromatic carbocycles. The SMILES string of the molecule is O=S(=O)(Cc1c(F)c(F)c(F)c(F)c1F)C(F)(F)F. The van der Waals surface area contributed by atoms with E-state index in [2.05, 4.69) is 0 Å². The summed E-state index contributed by atoms with van der Waals surface area (Å²) in [6.07, 6.45) is 0. The molecule has 11 heteroatoms. The van der Waals surface area contributed by atoms with Crippen LogP contribution in [0, 0.1) is 29.1 Å². The van der Waals surface area contributed by atoms with E-state index in [-0.39, 0.29) is 0 Å². The van der Waals surface area contributed by atoms with Crippen LogP contribution in [0.1, 0.15) is 5.56 Å². The first-order valence-corrected chi connectivity index (χ1v) is 5.84. The van der Waals surface area contributed by atoms with Crippen molar-refractivity contribution in [3.05, 3.63) is 34.6 Å². The monoisotopic (exact) mass is 314 g/mol. The highest BCUT2D eigenvalue weighted by Gasteiger charge is 2.46. The van der Waals surface area contributed by atoms with Crippen molar-refractivity contribution in [2.24, 2.45) is 0 Å². The Morgan fingerprint density at radius 1 is 0.737 bits per heavy atom. The molecule has 0 aromatic heterocycles. The summed E-state index contributed by atoms with van der Waals surface area (Å²) >= 11 is 0. The summed E-state index contributed by atoms with van der Waals surface area (Å²) in [5, 5.41) is 0. The van der Waals surface area contributed by atoms with Crippen molar-refractivity contribution < 1.29 is 43.5 Å². The molecule has 108 valence electrons. The predicted molar refractivity (Wildman–Crippen MR) is 44.9 cm³/mol. The van der Waals surface area contributed by atoms with Crippen LogP contribution in [0.4, 0.5) is 35.1 Å². The maximum atomic E-state index is 13.0. The lowest BCUT2D eigenvalue weighted by Crippen LogP contribution is -2.26. The number of hydrogen-bond donors (Lipinski definition) is 0. The summed E-state index contributed by atoms with van der Waals surface area (Å²) in [5.41, 5.74) is -7.94. The highest BCUT2D eigenvalue weighted by Crippen LogP contribution is 2.30. The number of benzene rings is 1. The Hall–Kier alpha value is -1.39. The van der Waals surface area contributed by atoms with Gasteiger partial charge in [0.05, 0.1) is 5.75 Å². The number of hydrogen-bond acceptors (Lipinski definition) is 2. The average molecular weight is 314 g/mol. The van der Waals surface area contributed by atoms with Gasteiger partial charge in [-0.15, -0.1) is 0 Å². The van der Waals surface area contributed by atoms with E-state index in [0.29, 0.717) is 0 Å². The Morgan fingerprint density at radius 2 is 1.05 bits per heavy atom. The molecule has 0 heterocycles. The minimum absolute atomic E-state index is 2.06. The molecule has 0 aliphatic rings. The van der Waals surface area contributed by atoms with Gasteiger partial charge in [0.1, 0.15) is 0 Å². The molecule has 1 aromatic rings. The second-order valence-electron chi connectivity index (χ2n) is 3.25. The van der Waals surface area contributed by atoms with Crippen LogP contribution in [0.5, 0.6) is 0 Å². The topological polar surface area (TPSA) is 34.1 Å². The van der Waals surface area contributed by atoms with Gasteiger partial charge in [-0.1, -0.05) is 0 Å². The fourth-order valence-electron chi connectivity index (χ4n) is 1.05. The molecule has 0 aliphatic carbocycles. The zero-order chi connectivity index (χ0) is 15.2. The van der Waals surface area contributed by atoms with Gasteiger partial charge in [0, 0.05) is 5.56 Å². The molecule has 0 amide bonds. The molecule has 0 fully saturated rings. The summed E-state index contributed by atoms with van der Waals surface area (Å²) in [6.45, 7) is 0. The van der Waals surface area contributed by atoms with E-state index >= 15 is 0 Å². The molecule has 0 atom stereocenters. The minimum Gasteiger partial charge on any atom is -0.219 e. The smallest absolute Gasteiger partial charge is 0.219 e. The fourth-order valence-corrected chi connectivity index (χ4v) is 1.85. The third kappa shape index (κ3) is 2.65. The summed E-state index contributed by atoms with van der Waals surface area (Å²) in [4.78, 5) is 0. The summed E-state index contributed by atoms with van der Waals surface area (Å²) in [6, 6.07) is 0. The zero-order valence-corrected chi connectivity index (χ0v) is 9.27. The average Bonchev–Trinajstić information content (AvgIpc) is 2.28. The normalized spacial score (nSPS) is 12.8. The van der Waals surface area contributed by atoms with Crippen molar-refractivity contribution in [3.63, 3.8) is 0 Å². The lowest BCUT2D eigenvalue weighted by Gasteiger charge is -2.10.